The van der Waals surface area contributed by atoms with Crippen molar-refractivity contribution in [2.75, 3.05) is 0 Å². The van der Waals surface area contributed by atoms with Crippen LogP contribution in [0.25, 0.3) is 0 Å². The normalized spacial score (nSPS) is 9.67. The van der Waals surface area contributed by atoms with E-state index in [0.29, 0.717) is 0 Å². The van der Waals surface area contributed by atoms with Crippen LogP contribution in [0.2, 0.25) is 0 Å². The average Bonchev–Trinajstić information content (AvgIpc) is 0.722. The van der Waals surface area contributed by atoms with Crippen LogP contribution >= 0.6 is 0 Å². The summed E-state index contributed by atoms with van der Waals surface area (Å²) in [5.41, 5.74) is 0. The van der Waals surface area contributed by atoms with Gasteiger partial charge in [0.25, 0.3) is 0 Å². The van der Waals surface area contributed by atoms with E-state index in [9.17, 15) is 0 Å². The van der Waals surface area contributed by atoms with E-state index >= 15 is 0 Å². The van der Waals surface area contributed by atoms with Crippen LogP contribution < -0.4 is 8.32 Å². The van der Waals surface area contributed by atoms with Crippen molar-refractivity contribution in [3.05, 3.63) is 0 Å². The van der Waals surface area contributed by atoms with Gasteiger partial charge in [-0.1, -0.05) is 0 Å². The van der Waals surface area contributed by atoms with Crippen LogP contribution in [0, 0.1) is 0 Å². The van der Waals surface area contributed by atoms with Gasteiger partial charge in [0, 0.05) is 48.9 Å². The van der Waals surface area contributed by atoms with Gasteiger partial charge in [-0.2, -0.15) is 0 Å². The fourth-order valence-electron chi connectivity index (χ4n) is 0. The Morgan fingerprint density at radius 2 is 1.17 bits per heavy atom. The summed E-state index contributed by atoms with van der Waals surface area (Å²) in [4.78, 5) is 0. The molecule has 6 heteroatoms. The van der Waals surface area contributed by atoms with Gasteiger partial charge >= 0.3 is 29.5 Å². The third-order valence-corrected chi connectivity index (χ3v) is 0. The molecule has 0 atom stereocenters. The topological polar surface area (TPSA) is 80.3 Å². The van der Waals surface area contributed by atoms with Gasteiger partial charge in [0.1, 0.15) is 0 Å². The first-order chi connectivity index (χ1) is 2.00. The third kappa shape index (κ3) is 45.6. The maximum atomic E-state index is 8.59. The molecule has 0 heterocycles. The summed E-state index contributed by atoms with van der Waals surface area (Å²) < 4.78 is 34.4. The Kier molecular flexibility index (Phi) is 6.35. The molecule has 2 radical (unpaired) electrons. The molecule has 0 aliphatic heterocycles. The molecule has 34 valence electrons. The van der Waals surface area contributed by atoms with Crippen molar-refractivity contribution in [2.24, 2.45) is 0 Å². The van der Waals surface area contributed by atoms with Crippen LogP contribution in [0.5, 0.6) is 0 Å². The Morgan fingerprint density at radius 1 is 1.17 bits per heavy atom. The van der Waals surface area contributed by atoms with Crippen molar-refractivity contribution in [1.82, 2.24) is 0 Å². The molecule has 4 nitrogen and oxygen atoms in total. The van der Waals surface area contributed by atoms with Crippen LogP contribution in [0.1, 0.15) is 0 Å². The molecular weight excluding hydrogens is 253 g/mol. The van der Waals surface area contributed by atoms with Crippen molar-refractivity contribution < 1.29 is 29.5 Å². The summed E-state index contributed by atoms with van der Waals surface area (Å²) >= 11 is -5.75. The summed E-state index contributed by atoms with van der Waals surface area (Å²) in [6, 6.07) is 0. The first-order valence-corrected chi connectivity index (χ1v) is 2.75. The van der Waals surface area contributed by atoms with E-state index in [2.05, 4.69) is 0 Å². The molecule has 0 bridgehead atoms. The van der Waals surface area contributed by atoms with Crippen molar-refractivity contribution in [3.63, 3.8) is 0 Å². The fraction of sp³-hybridized carbons (Fsp3) is 0. The van der Waals surface area contributed by atoms with Gasteiger partial charge in [-0.3, -0.25) is 0 Å². The van der Waals surface area contributed by atoms with Gasteiger partial charge in [0.15, 0.2) is 0 Å². The standard InChI is InChI=1S/Ba.Cr.4O/q;;;;2*-1. The van der Waals surface area contributed by atoms with E-state index in [0.717, 1.165) is 0 Å². The maximum absolute atomic E-state index is 8.59. The monoisotopic (exact) mass is 254 g/mol. The second kappa shape index (κ2) is 3.60. The molecule has 0 amide bonds. The molecule has 0 spiro atoms. The molecule has 0 unspecified atom stereocenters. The summed E-state index contributed by atoms with van der Waals surface area (Å²) in [5.74, 6) is 0. The molecule has 0 aromatic carbocycles. The van der Waals surface area contributed by atoms with Gasteiger partial charge < -0.3 is 0 Å². The minimum atomic E-state index is -5.75. The predicted octanol–water partition coefficient (Wildman–Crippen LogP) is -3.00. The van der Waals surface area contributed by atoms with Gasteiger partial charge in [-0.15, -0.1) is 0 Å². The van der Waals surface area contributed by atoms with Crippen LogP contribution in [-0.4, -0.2) is 48.9 Å². The molecular formula is BaCrO4-2. The van der Waals surface area contributed by atoms with Crippen molar-refractivity contribution in [3.8, 4) is 0 Å². The first kappa shape index (κ1) is 10.6. The SMILES string of the molecule is [Ba].[O]=[Cr](=[O])([O-])[O-]. The molecule has 0 N–H and O–H groups in total. The second-order valence-electron chi connectivity index (χ2n) is 0.408. The average molecular weight is 253 g/mol. The van der Waals surface area contributed by atoms with E-state index in [1.807, 2.05) is 0 Å². The summed E-state index contributed by atoms with van der Waals surface area (Å²) in [7, 11) is 0. The van der Waals surface area contributed by atoms with Crippen molar-refractivity contribution in [2.45, 2.75) is 0 Å². The van der Waals surface area contributed by atoms with E-state index in [4.69, 9.17) is 15.9 Å². The third-order valence-electron chi connectivity index (χ3n) is 0. The zero-order valence-electron chi connectivity index (χ0n) is 2.75. The molecule has 0 aromatic heterocycles. The number of hydrogen-bond donors (Lipinski definition) is 0. The Bertz CT molecular complexity index is 90.7. The fourth-order valence-corrected chi connectivity index (χ4v) is 0. The molecule has 0 aliphatic rings. The van der Waals surface area contributed by atoms with Crippen molar-refractivity contribution in [1.29, 1.82) is 0 Å². The molecule has 0 saturated carbocycles. The molecule has 0 rings (SSSR count). The Morgan fingerprint density at radius 3 is 1.17 bits per heavy atom. The Balaban J connectivity index is 0. The van der Waals surface area contributed by atoms with E-state index in [1.54, 1.807) is 0 Å². The zero-order valence-corrected chi connectivity index (χ0v) is 8.46. The summed E-state index contributed by atoms with van der Waals surface area (Å²) in [6.45, 7) is 0. The van der Waals surface area contributed by atoms with Gasteiger partial charge in [-0.05, 0) is 0 Å². The van der Waals surface area contributed by atoms with Crippen LogP contribution in [-0.2, 0) is 21.2 Å². The zero-order chi connectivity index (χ0) is 4.50. The van der Waals surface area contributed by atoms with E-state index < -0.39 is 13.6 Å². The molecule has 0 saturated heterocycles. The molecule has 0 aliphatic carbocycles. The second-order valence-corrected chi connectivity index (χ2v) is 1.68. The Labute approximate surface area is 77.0 Å². The van der Waals surface area contributed by atoms with Crippen LogP contribution in [0.15, 0.2) is 0 Å². The van der Waals surface area contributed by atoms with Crippen LogP contribution in [0.4, 0.5) is 0 Å². The molecule has 0 fully saturated rings. The van der Waals surface area contributed by atoms with E-state index in [1.165, 1.54) is 0 Å². The quantitative estimate of drug-likeness (QED) is 0.431. The van der Waals surface area contributed by atoms with E-state index in [-0.39, 0.29) is 48.9 Å². The first-order valence-electron chi connectivity index (χ1n) is 0.667. The van der Waals surface area contributed by atoms with Crippen molar-refractivity contribution >= 4 is 48.9 Å². The van der Waals surface area contributed by atoms with Gasteiger partial charge in [-0.25, -0.2) is 0 Å². The van der Waals surface area contributed by atoms with Crippen LogP contribution in [0.3, 0.4) is 0 Å². The predicted molar refractivity (Wildman–Crippen MR) is 7.13 cm³/mol. The molecule has 6 heavy (non-hydrogen) atoms. The summed E-state index contributed by atoms with van der Waals surface area (Å²) in [5, 5.41) is 0. The number of hydrogen-bond acceptors (Lipinski definition) is 4. The Hall–Kier alpha value is 1.62. The van der Waals surface area contributed by atoms with Gasteiger partial charge in [0.2, 0.25) is 0 Å². The minimum absolute atomic E-state index is 0. The summed E-state index contributed by atoms with van der Waals surface area (Å²) in [6.07, 6.45) is 0. The number of rotatable bonds is 0. The molecule has 0 aromatic rings. The van der Waals surface area contributed by atoms with Gasteiger partial charge in [0.05, 0.1) is 0 Å².